The number of imidazole rings is 1. The third kappa shape index (κ3) is 3.22. The standard InChI is InChI=1S/C21H24N2O3S/c1-22-18-8-7-17(14-19(18)23(2)20(22)24)27-16-6-4-5-15(13-16)21(25-3)9-11-26-12-10-21/h4-8,13-14H,9-12H2,1-3H3. The number of methoxy groups -OCH3 is 1. The first kappa shape index (κ1) is 18.3. The molecule has 2 heterocycles. The molecule has 1 aliphatic heterocycles. The maximum Gasteiger partial charge on any atom is 0.328 e. The van der Waals surface area contributed by atoms with Crippen molar-refractivity contribution in [1.82, 2.24) is 9.13 Å². The second-order valence-corrected chi connectivity index (χ2v) is 8.14. The zero-order chi connectivity index (χ0) is 19.0. The van der Waals surface area contributed by atoms with E-state index in [0.29, 0.717) is 0 Å². The maximum atomic E-state index is 12.1. The van der Waals surface area contributed by atoms with Crippen LogP contribution in [0.5, 0.6) is 0 Å². The highest BCUT2D eigenvalue weighted by atomic mass is 32.2. The average Bonchev–Trinajstić information content (AvgIpc) is 2.92. The normalized spacial score (nSPS) is 16.7. The average molecular weight is 385 g/mol. The Bertz CT molecular complexity index is 1030. The summed E-state index contributed by atoms with van der Waals surface area (Å²) in [5.74, 6) is 0. The number of rotatable bonds is 4. The lowest BCUT2D eigenvalue weighted by molar-refractivity contribution is -0.0948. The van der Waals surface area contributed by atoms with E-state index in [0.717, 1.165) is 46.9 Å². The molecule has 1 aromatic heterocycles. The Hall–Kier alpha value is -2.02. The number of benzene rings is 2. The number of fused-ring (bicyclic) bond motifs is 1. The van der Waals surface area contributed by atoms with Gasteiger partial charge in [-0.1, -0.05) is 23.9 Å². The van der Waals surface area contributed by atoms with Gasteiger partial charge in [0.05, 0.1) is 16.6 Å². The number of ether oxygens (including phenoxy) is 2. The summed E-state index contributed by atoms with van der Waals surface area (Å²) in [6, 6.07) is 14.7. The molecule has 4 rings (SSSR count). The summed E-state index contributed by atoms with van der Waals surface area (Å²) >= 11 is 1.70. The van der Waals surface area contributed by atoms with Crippen LogP contribution in [-0.2, 0) is 29.2 Å². The van der Waals surface area contributed by atoms with Gasteiger partial charge in [0.1, 0.15) is 0 Å². The van der Waals surface area contributed by atoms with Crippen molar-refractivity contribution in [3.63, 3.8) is 0 Å². The van der Waals surface area contributed by atoms with Gasteiger partial charge in [-0.05, 0) is 35.9 Å². The SMILES string of the molecule is COC1(c2cccc(Sc3ccc4c(c3)n(C)c(=O)n4C)c2)CCOCC1. The molecule has 2 aromatic carbocycles. The van der Waals surface area contributed by atoms with Crippen molar-refractivity contribution in [3.05, 3.63) is 58.5 Å². The van der Waals surface area contributed by atoms with Gasteiger partial charge in [-0.3, -0.25) is 9.13 Å². The molecule has 0 radical (unpaired) electrons. The number of aromatic nitrogens is 2. The van der Waals surface area contributed by atoms with E-state index < -0.39 is 0 Å². The van der Waals surface area contributed by atoms with E-state index in [4.69, 9.17) is 9.47 Å². The van der Waals surface area contributed by atoms with E-state index in [-0.39, 0.29) is 11.3 Å². The first-order valence-corrected chi connectivity index (χ1v) is 9.92. The molecule has 0 amide bonds. The predicted molar refractivity (Wildman–Crippen MR) is 107 cm³/mol. The van der Waals surface area contributed by atoms with Crippen LogP contribution in [0, 0.1) is 0 Å². The Morgan fingerprint density at radius 2 is 1.70 bits per heavy atom. The number of aryl methyl sites for hydroxylation is 2. The van der Waals surface area contributed by atoms with Gasteiger partial charge in [-0.2, -0.15) is 0 Å². The molecule has 27 heavy (non-hydrogen) atoms. The minimum atomic E-state index is -0.262. The third-order valence-electron chi connectivity index (χ3n) is 5.53. The van der Waals surface area contributed by atoms with Crippen LogP contribution in [-0.4, -0.2) is 29.5 Å². The number of hydrogen-bond donors (Lipinski definition) is 0. The Morgan fingerprint density at radius 1 is 1.00 bits per heavy atom. The van der Waals surface area contributed by atoms with Crippen molar-refractivity contribution >= 4 is 22.8 Å². The molecule has 5 nitrogen and oxygen atoms in total. The Labute approximate surface area is 162 Å². The molecule has 0 spiro atoms. The van der Waals surface area contributed by atoms with Gasteiger partial charge >= 0.3 is 5.69 Å². The number of hydrogen-bond acceptors (Lipinski definition) is 4. The van der Waals surface area contributed by atoms with Crippen LogP contribution >= 0.6 is 11.8 Å². The zero-order valence-corrected chi connectivity index (χ0v) is 16.7. The lowest BCUT2D eigenvalue weighted by Gasteiger charge is -2.36. The molecule has 1 fully saturated rings. The van der Waals surface area contributed by atoms with Crippen molar-refractivity contribution in [2.24, 2.45) is 14.1 Å². The van der Waals surface area contributed by atoms with E-state index in [9.17, 15) is 4.79 Å². The van der Waals surface area contributed by atoms with Crippen molar-refractivity contribution in [2.45, 2.75) is 28.2 Å². The molecule has 3 aromatic rings. The summed E-state index contributed by atoms with van der Waals surface area (Å²) in [5, 5.41) is 0. The molecule has 0 N–H and O–H groups in total. The summed E-state index contributed by atoms with van der Waals surface area (Å²) in [4.78, 5) is 14.4. The first-order valence-electron chi connectivity index (χ1n) is 9.11. The highest BCUT2D eigenvalue weighted by molar-refractivity contribution is 7.99. The van der Waals surface area contributed by atoms with E-state index >= 15 is 0 Å². The topological polar surface area (TPSA) is 45.4 Å². The second kappa shape index (κ2) is 7.19. The molecule has 0 saturated carbocycles. The quantitative estimate of drug-likeness (QED) is 0.688. The maximum absolute atomic E-state index is 12.1. The van der Waals surface area contributed by atoms with Crippen LogP contribution in [0.25, 0.3) is 11.0 Å². The van der Waals surface area contributed by atoms with Gasteiger partial charge in [-0.15, -0.1) is 0 Å². The molecular weight excluding hydrogens is 360 g/mol. The third-order valence-corrected chi connectivity index (χ3v) is 6.51. The number of nitrogens with zero attached hydrogens (tertiary/aromatic N) is 2. The van der Waals surface area contributed by atoms with Gasteiger partial charge < -0.3 is 9.47 Å². The molecule has 0 aliphatic carbocycles. The molecule has 0 bridgehead atoms. The summed E-state index contributed by atoms with van der Waals surface area (Å²) in [7, 11) is 5.40. The first-order chi connectivity index (χ1) is 13.0. The second-order valence-electron chi connectivity index (χ2n) is 6.99. The smallest absolute Gasteiger partial charge is 0.328 e. The fourth-order valence-electron chi connectivity index (χ4n) is 3.84. The van der Waals surface area contributed by atoms with E-state index in [1.54, 1.807) is 35.1 Å². The van der Waals surface area contributed by atoms with E-state index in [1.807, 2.05) is 13.1 Å². The van der Waals surface area contributed by atoms with Crippen LogP contribution in [0.4, 0.5) is 0 Å². The van der Waals surface area contributed by atoms with Crippen molar-refractivity contribution in [2.75, 3.05) is 20.3 Å². The molecule has 1 saturated heterocycles. The summed E-state index contributed by atoms with van der Waals surface area (Å²) < 4.78 is 14.8. The van der Waals surface area contributed by atoms with Gasteiger partial charge in [0.15, 0.2) is 0 Å². The Morgan fingerprint density at radius 3 is 2.44 bits per heavy atom. The van der Waals surface area contributed by atoms with Gasteiger partial charge in [0.2, 0.25) is 0 Å². The van der Waals surface area contributed by atoms with Crippen LogP contribution in [0.2, 0.25) is 0 Å². The minimum Gasteiger partial charge on any atom is -0.381 e. The fraction of sp³-hybridized carbons (Fsp3) is 0.381. The predicted octanol–water partition coefficient (Wildman–Crippen LogP) is 3.68. The highest BCUT2D eigenvalue weighted by Gasteiger charge is 2.34. The van der Waals surface area contributed by atoms with Crippen LogP contribution < -0.4 is 5.69 Å². The summed E-state index contributed by atoms with van der Waals surface area (Å²) in [6.07, 6.45) is 1.74. The molecule has 142 valence electrons. The minimum absolute atomic E-state index is 0.00398. The van der Waals surface area contributed by atoms with Crippen molar-refractivity contribution < 1.29 is 9.47 Å². The van der Waals surface area contributed by atoms with E-state index in [1.165, 1.54) is 5.56 Å². The molecule has 1 aliphatic rings. The van der Waals surface area contributed by atoms with Crippen LogP contribution in [0.3, 0.4) is 0 Å². The van der Waals surface area contributed by atoms with Gasteiger partial charge in [0.25, 0.3) is 0 Å². The summed E-state index contributed by atoms with van der Waals surface area (Å²) in [6.45, 7) is 1.45. The Balaban J connectivity index is 1.66. The summed E-state index contributed by atoms with van der Waals surface area (Å²) in [5.41, 5.74) is 2.83. The van der Waals surface area contributed by atoms with Crippen LogP contribution in [0.15, 0.2) is 57.1 Å². The highest BCUT2D eigenvalue weighted by Crippen LogP contribution is 2.38. The molecule has 0 atom stereocenters. The van der Waals surface area contributed by atoms with Crippen molar-refractivity contribution in [1.29, 1.82) is 0 Å². The molecule has 0 unspecified atom stereocenters. The zero-order valence-electron chi connectivity index (χ0n) is 15.9. The molecule has 6 heteroatoms. The van der Waals surface area contributed by atoms with Gasteiger partial charge in [-0.25, -0.2) is 4.79 Å². The largest absolute Gasteiger partial charge is 0.381 e. The van der Waals surface area contributed by atoms with Crippen molar-refractivity contribution in [3.8, 4) is 0 Å². The molecular formula is C21H24N2O3S. The van der Waals surface area contributed by atoms with Crippen LogP contribution in [0.1, 0.15) is 18.4 Å². The monoisotopic (exact) mass is 384 g/mol. The van der Waals surface area contributed by atoms with Gasteiger partial charge in [0, 0.05) is 57.1 Å². The lowest BCUT2D eigenvalue weighted by Crippen LogP contribution is -2.35. The lowest BCUT2D eigenvalue weighted by atomic mass is 9.86. The fourth-order valence-corrected chi connectivity index (χ4v) is 4.75. The Kier molecular flexibility index (Phi) is 4.88. The van der Waals surface area contributed by atoms with E-state index in [2.05, 4.69) is 36.4 Å².